The Bertz CT molecular complexity index is 784. The number of hydrogen-bond acceptors (Lipinski definition) is 5. The van der Waals surface area contributed by atoms with Crippen molar-refractivity contribution >= 4 is 23.9 Å². The van der Waals surface area contributed by atoms with E-state index in [1.54, 1.807) is 29.6 Å². The van der Waals surface area contributed by atoms with Crippen LogP contribution in [0.2, 0.25) is 0 Å². The summed E-state index contributed by atoms with van der Waals surface area (Å²) in [7, 11) is 0. The molecule has 11 heteroatoms. The van der Waals surface area contributed by atoms with Crippen molar-refractivity contribution in [1.29, 1.82) is 0 Å². The molecule has 1 aliphatic heterocycles. The highest BCUT2D eigenvalue weighted by Crippen LogP contribution is 2.25. The van der Waals surface area contributed by atoms with Crippen LogP contribution in [0.1, 0.15) is 31.2 Å². The first-order valence-electron chi connectivity index (χ1n) is 9.27. The number of esters is 1. The minimum atomic E-state index is -4.98. The first-order valence-corrected chi connectivity index (χ1v) is 9.27. The van der Waals surface area contributed by atoms with E-state index < -0.39 is 42.2 Å². The smallest absolute Gasteiger partial charge is 0.471 e. The number of amides is 2. The zero-order chi connectivity index (χ0) is 22.3. The molecule has 30 heavy (non-hydrogen) atoms. The predicted molar refractivity (Wildman–Crippen MR) is 96.2 cm³/mol. The molecule has 2 atom stereocenters. The third-order valence-corrected chi connectivity index (χ3v) is 4.62. The van der Waals surface area contributed by atoms with E-state index in [9.17, 15) is 37.5 Å². The van der Waals surface area contributed by atoms with Crippen molar-refractivity contribution in [3.63, 3.8) is 0 Å². The minimum absolute atomic E-state index is 0.00157. The Morgan fingerprint density at radius 1 is 1.17 bits per heavy atom. The molecule has 1 fully saturated rings. The van der Waals surface area contributed by atoms with Gasteiger partial charge in [0.2, 0.25) is 0 Å². The number of ether oxygens (including phenoxy) is 1. The Labute approximate surface area is 170 Å². The number of benzene rings is 1. The van der Waals surface area contributed by atoms with E-state index >= 15 is 0 Å². The van der Waals surface area contributed by atoms with Crippen molar-refractivity contribution < 1.29 is 42.2 Å². The van der Waals surface area contributed by atoms with Crippen LogP contribution in [-0.2, 0) is 25.5 Å². The van der Waals surface area contributed by atoms with Crippen LogP contribution in [0.25, 0.3) is 0 Å². The Morgan fingerprint density at radius 3 is 2.43 bits per heavy atom. The SMILES string of the molecule is O=C(O)C(CCc1ccccc1)N1C(=O)OC(=O)C1CCCCNC(=O)C(F)(F)F. The third kappa shape index (κ3) is 6.19. The van der Waals surface area contributed by atoms with Gasteiger partial charge in [0.05, 0.1) is 0 Å². The van der Waals surface area contributed by atoms with E-state index in [0.717, 1.165) is 10.5 Å². The van der Waals surface area contributed by atoms with Crippen LogP contribution in [0.5, 0.6) is 0 Å². The lowest BCUT2D eigenvalue weighted by atomic mass is 10.0. The highest BCUT2D eigenvalue weighted by molar-refractivity contribution is 5.97. The Kier molecular flexibility index (Phi) is 7.79. The molecule has 1 aromatic carbocycles. The molecule has 1 saturated heterocycles. The molecule has 8 nitrogen and oxygen atoms in total. The number of carboxylic acid groups (broad SMARTS) is 1. The fraction of sp³-hybridized carbons (Fsp3) is 0.474. The van der Waals surface area contributed by atoms with Crippen LogP contribution in [0.4, 0.5) is 18.0 Å². The van der Waals surface area contributed by atoms with Crippen molar-refractivity contribution in [2.75, 3.05) is 6.54 Å². The topological polar surface area (TPSA) is 113 Å². The van der Waals surface area contributed by atoms with E-state index in [0.29, 0.717) is 6.42 Å². The maximum absolute atomic E-state index is 12.1. The van der Waals surface area contributed by atoms with Gasteiger partial charge in [-0.05, 0) is 37.7 Å². The normalized spacial score (nSPS) is 17.6. The van der Waals surface area contributed by atoms with E-state index in [4.69, 9.17) is 0 Å². The van der Waals surface area contributed by atoms with Gasteiger partial charge in [0.25, 0.3) is 0 Å². The second kappa shape index (κ2) is 10.1. The minimum Gasteiger partial charge on any atom is -0.480 e. The summed E-state index contributed by atoms with van der Waals surface area (Å²) in [5, 5.41) is 11.3. The highest BCUT2D eigenvalue weighted by Gasteiger charge is 2.46. The van der Waals surface area contributed by atoms with Crippen molar-refractivity contribution in [3.05, 3.63) is 35.9 Å². The lowest BCUT2D eigenvalue weighted by Gasteiger charge is -2.26. The number of rotatable bonds is 10. The van der Waals surface area contributed by atoms with Crippen LogP contribution < -0.4 is 5.32 Å². The largest absolute Gasteiger partial charge is 0.480 e. The molecule has 2 N–H and O–H groups in total. The molecular weight excluding hydrogens is 409 g/mol. The van der Waals surface area contributed by atoms with Crippen molar-refractivity contribution in [2.24, 2.45) is 0 Å². The van der Waals surface area contributed by atoms with E-state index in [1.165, 1.54) is 0 Å². The monoisotopic (exact) mass is 430 g/mol. The molecule has 1 heterocycles. The number of nitrogens with one attached hydrogen (secondary N) is 1. The van der Waals surface area contributed by atoms with Gasteiger partial charge in [0.1, 0.15) is 12.1 Å². The van der Waals surface area contributed by atoms with Gasteiger partial charge in [-0.25, -0.2) is 14.4 Å². The molecule has 0 bridgehead atoms. The van der Waals surface area contributed by atoms with Crippen LogP contribution in [-0.4, -0.2) is 58.8 Å². The Hall–Kier alpha value is -3.11. The predicted octanol–water partition coefficient (Wildman–Crippen LogP) is 2.27. The number of halogens is 3. The van der Waals surface area contributed by atoms with Gasteiger partial charge < -0.3 is 15.2 Å². The fourth-order valence-corrected chi connectivity index (χ4v) is 3.14. The molecule has 0 spiro atoms. The number of hydrogen-bond donors (Lipinski definition) is 2. The first-order chi connectivity index (χ1) is 14.1. The van der Waals surface area contributed by atoms with Gasteiger partial charge in [-0.15, -0.1) is 0 Å². The first kappa shape index (κ1) is 23.2. The van der Waals surface area contributed by atoms with Gasteiger partial charge >= 0.3 is 30.1 Å². The summed E-state index contributed by atoms with van der Waals surface area (Å²) < 4.78 is 41.0. The van der Waals surface area contributed by atoms with Gasteiger partial charge in [0.15, 0.2) is 0 Å². The van der Waals surface area contributed by atoms with Crippen molar-refractivity contribution in [3.8, 4) is 0 Å². The number of cyclic esters (lactones) is 2. The summed E-state index contributed by atoms with van der Waals surface area (Å²) in [4.78, 5) is 47.5. The molecule has 0 aromatic heterocycles. The average molecular weight is 430 g/mol. The summed E-state index contributed by atoms with van der Waals surface area (Å²) >= 11 is 0. The molecule has 0 radical (unpaired) electrons. The molecule has 2 unspecified atom stereocenters. The van der Waals surface area contributed by atoms with Crippen molar-refractivity contribution in [2.45, 2.75) is 50.4 Å². The molecule has 0 aliphatic carbocycles. The molecule has 2 rings (SSSR count). The lowest BCUT2D eigenvalue weighted by Crippen LogP contribution is -2.47. The van der Waals surface area contributed by atoms with Crippen LogP contribution in [0, 0.1) is 0 Å². The van der Waals surface area contributed by atoms with Gasteiger partial charge in [-0.3, -0.25) is 9.69 Å². The van der Waals surface area contributed by atoms with E-state index in [-0.39, 0.29) is 32.2 Å². The number of carbonyl (C=O) groups excluding carboxylic acids is 3. The number of carboxylic acids is 1. The van der Waals surface area contributed by atoms with E-state index in [1.807, 2.05) is 6.07 Å². The summed E-state index contributed by atoms with van der Waals surface area (Å²) in [5.41, 5.74) is 0.861. The second-order valence-corrected chi connectivity index (χ2v) is 6.74. The van der Waals surface area contributed by atoms with Crippen LogP contribution in [0.15, 0.2) is 30.3 Å². The molecule has 164 valence electrons. The third-order valence-electron chi connectivity index (χ3n) is 4.62. The zero-order valence-corrected chi connectivity index (χ0v) is 15.9. The summed E-state index contributed by atoms with van der Waals surface area (Å²) in [6.45, 7) is -0.273. The number of alkyl halides is 3. The Morgan fingerprint density at radius 2 is 1.83 bits per heavy atom. The number of aryl methyl sites for hydroxylation is 1. The van der Waals surface area contributed by atoms with Gasteiger partial charge in [-0.2, -0.15) is 13.2 Å². The summed E-state index contributed by atoms with van der Waals surface area (Å²) in [6.07, 6.45) is -5.35. The summed E-state index contributed by atoms with van der Waals surface area (Å²) in [5.74, 6) is -4.25. The van der Waals surface area contributed by atoms with Crippen molar-refractivity contribution in [1.82, 2.24) is 10.2 Å². The summed E-state index contributed by atoms with van der Waals surface area (Å²) in [6, 6.07) is 6.56. The molecule has 1 aliphatic rings. The second-order valence-electron chi connectivity index (χ2n) is 6.74. The quantitative estimate of drug-likeness (QED) is 0.335. The number of carbonyl (C=O) groups is 4. The number of aliphatic carboxylic acids is 1. The van der Waals surface area contributed by atoms with E-state index in [2.05, 4.69) is 4.74 Å². The Balaban J connectivity index is 1.94. The molecular formula is C19H21F3N2O6. The highest BCUT2D eigenvalue weighted by atomic mass is 19.4. The zero-order valence-electron chi connectivity index (χ0n) is 15.9. The standard InChI is InChI=1S/C19H21F3N2O6/c20-19(21,22)17(28)23-11-5-4-8-14-16(27)30-18(29)24(14)13(15(25)26)10-9-12-6-2-1-3-7-12/h1-3,6-7,13-14H,4-5,8-11H2,(H,23,28)(H,25,26). The van der Waals surface area contributed by atoms with Gasteiger partial charge in [-0.1, -0.05) is 30.3 Å². The van der Waals surface area contributed by atoms with Gasteiger partial charge in [0, 0.05) is 6.54 Å². The molecule has 0 saturated carbocycles. The fourth-order valence-electron chi connectivity index (χ4n) is 3.14. The molecule has 2 amide bonds. The van der Waals surface area contributed by atoms with Crippen LogP contribution in [0.3, 0.4) is 0 Å². The van der Waals surface area contributed by atoms with Crippen LogP contribution >= 0.6 is 0 Å². The number of unbranched alkanes of at least 4 members (excludes halogenated alkanes) is 1. The maximum atomic E-state index is 12.1. The number of nitrogens with zero attached hydrogens (tertiary/aromatic N) is 1. The molecule has 1 aromatic rings. The average Bonchev–Trinajstić information content (AvgIpc) is 2.95. The maximum Gasteiger partial charge on any atom is 0.471 e. The lowest BCUT2D eigenvalue weighted by molar-refractivity contribution is -0.173.